The van der Waals surface area contributed by atoms with Gasteiger partial charge in [0.05, 0.1) is 30.0 Å². The van der Waals surface area contributed by atoms with Crippen LogP contribution in [-0.2, 0) is 4.74 Å². The predicted octanol–water partition coefficient (Wildman–Crippen LogP) is 1.73. The van der Waals surface area contributed by atoms with Gasteiger partial charge in [-0.3, -0.25) is 0 Å². The van der Waals surface area contributed by atoms with Crippen LogP contribution in [0.1, 0.15) is 6.92 Å². The van der Waals surface area contributed by atoms with Gasteiger partial charge in [-0.1, -0.05) is 11.6 Å². The van der Waals surface area contributed by atoms with Crippen LogP contribution < -0.4 is 5.32 Å². The number of fused-ring (bicyclic) bond motifs is 1. The second-order valence-corrected chi connectivity index (χ2v) is 6.85. The van der Waals surface area contributed by atoms with Crippen molar-refractivity contribution in [2.75, 3.05) is 11.9 Å². The van der Waals surface area contributed by atoms with Crippen LogP contribution in [0.4, 0.5) is 10.2 Å². The summed E-state index contributed by atoms with van der Waals surface area (Å²) >= 11 is 6.01. The van der Waals surface area contributed by atoms with Gasteiger partial charge < -0.3 is 25.3 Å². The molecule has 0 saturated carbocycles. The minimum Gasteiger partial charge on any atom is -0.388 e. The zero-order chi connectivity index (χ0) is 19.1. The van der Waals surface area contributed by atoms with Crippen molar-refractivity contribution in [2.24, 2.45) is 0 Å². The van der Waals surface area contributed by atoms with Crippen molar-refractivity contribution >= 4 is 28.5 Å². The molecule has 27 heavy (non-hydrogen) atoms. The van der Waals surface area contributed by atoms with Crippen molar-refractivity contribution in [3.05, 3.63) is 35.5 Å². The molecule has 1 fully saturated rings. The summed E-state index contributed by atoms with van der Waals surface area (Å²) in [5.41, 5.74) is 1.21. The van der Waals surface area contributed by atoms with Crippen LogP contribution in [0.3, 0.4) is 0 Å². The SMILES string of the molecule is C[C@H]1OC[C@H](Nc2nc(-c3c[nH]c4ncc(Cl)cc34)ncc2F)[C@@H](O)[C@@H]1O. The van der Waals surface area contributed by atoms with Crippen LogP contribution in [0, 0.1) is 5.82 Å². The van der Waals surface area contributed by atoms with Crippen LogP contribution >= 0.6 is 11.6 Å². The highest BCUT2D eigenvalue weighted by Crippen LogP contribution is 2.28. The molecule has 4 atom stereocenters. The molecule has 8 nitrogen and oxygen atoms in total. The van der Waals surface area contributed by atoms with E-state index in [1.807, 2.05) is 0 Å². The molecule has 142 valence electrons. The Hall–Kier alpha value is -2.33. The van der Waals surface area contributed by atoms with E-state index < -0.39 is 30.2 Å². The van der Waals surface area contributed by atoms with Crippen molar-refractivity contribution in [3.63, 3.8) is 0 Å². The largest absolute Gasteiger partial charge is 0.388 e. The predicted molar refractivity (Wildman–Crippen MR) is 96.9 cm³/mol. The Morgan fingerprint density at radius 2 is 2.11 bits per heavy atom. The van der Waals surface area contributed by atoms with E-state index in [-0.39, 0.29) is 18.2 Å². The fourth-order valence-corrected chi connectivity index (χ4v) is 3.19. The van der Waals surface area contributed by atoms with Crippen molar-refractivity contribution in [1.29, 1.82) is 0 Å². The van der Waals surface area contributed by atoms with Gasteiger partial charge in [0.1, 0.15) is 17.9 Å². The van der Waals surface area contributed by atoms with E-state index in [1.54, 1.807) is 19.2 Å². The van der Waals surface area contributed by atoms with Gasteiger partial charge in [-0.05, 0) is 13.0 Å². The number of nitrogens with zero attached hydrogens (tertiary/aromatic N) is 3. The molecule has 0 amide bonds. The highest BCUT2D eigenvalue weighted by molar-refractivity contribution is 6.31. The van der Waals surface area contributed by atoms with E-state index in [2.05, 4.69) is 25.3 Å². The van der Waals surface area contributed by atoms with Crippen molar-refractivity contribution in [3.8, 4) is 11.4 Å². The number of anilines is 1. The Kier molecular flexibility index (Phi) is 4.68. The van der Waals surface area contributed by atoms with Crippen molar-refractivity contribution < 1.29 is 19.3 Å². The summed E-state index contributed by atoms with van der Waals surface area (Å²) in [5.74, 6) is -0.525. The Bertz CT molecular complexity index is 984. The maximum atomic E-state index is 14.2. The molecular weight excluding hydrogens is 377 g/mol. The Morgan fingerprint density at radius 1 is 1.30 bits per heavy atom. The van der Waals surface area contributed by atoms with Gasteiger partial charge in [-0.15, -0.1) is 0 Å². The molecule has 4 rings (SSSR count). The zero-order valence-electron chi connectivity index (χ0n) is 14.2. The molecule has 3 aromatic rings. The molecule has 0 spiro atoms. The Labute approximate surface area is 158 Å². The van der Waals surface area contributed by atoms with E-state index >= 15 is 0 Å². The normalized spacial score (nSPS) is 25.7. The van der Waals surface area contributed by atoms with Gasteiger partial charge >= 0.3 is 0 Å². The highest BCUT2D eigenvalue weighted by Gasteiger charge is 2.36. The van der Waals surface area contributed by atoms with Crippen LogP contribution in [0.2, 0.25) is 5.02 Å². The number of pyridine rings is 1. The number of rotatable bonds is 3. The monoisotopic (exact) mass is 393 g/mol. The van der Waals surface area contributed by atoms with E-state index in [9.17, 15) is 14.6 Å². The number of aliphatic hydroxyl groups is 2. The molecule has 0 aliphatic carbocycles. The summed E-state index contributed by atoms with van der Waals surface area (Å²) in [5, 5.41) is 24.1. The first-order valence-corrected chi connectivity index (χ1v) is 8.71. The number of aliphatic hydroxyl groups excluding tert-OH is 2. The third-order valence-electron chi connectivity index (χ3n) is 4.59. The summed E-state index contributed by atoms with van der Waals surface area (Å²) in [7, 11) is 0. The van der Waals surface area contributed by atoms with Crippen LogP contribution in [0.15, 0.2) is 24.7 Å². The minimum atomic E-state index is -1.12. The van der Waals surface area contributed by atoms with Gasteiger partial charge in [0.2, 0.25) is 0 Å². The summed E-state index contributed by atoms with van der Waals surface area (Å²) in [6, 6.07) is 0.999. The lowest BCUT2D eigenvalue weighted by atomic mass is 9.99. The number of H-pyrrole nitrogens is 1. The van der Waals surface area contributed by atoms with E-state index in [4.69, 9.17) is 16.3 Å². The molecule has 4 heterocycles. The highest BCUT2D eigenvalue weighted by atomic mass is 35.5. The molecule has 3 aromatic heterocycles. The molecular formula is C17H17ClFN5O3. The Balaban J connectivity index is 1.66. The molecule has 0 radical (unpaired) electrons. The molecule has 1 aliphatic heterocycles. The maximum absolute atomic E-state index is 14.2. The number of hydrogen-bond acceptors (Lipinski definition) is 7. The van der Waals surface area contributed by atoms with E-state index in [1.165, 1.54) is 6.20 Å². The standard InChI is InChI=1S/C17H17ClFN5O3/c1-7-13(25)14(26)12(6-27-7)23-17-11(19)5-22-16(24-17)10-4-21-15-9(10)2-8(18)3-20-15/h2-5,7,12-14,25-26H,6H2,1H3,(H,20,21)(H,22,23,24)/t7-,12+,13-,14-/m1/s1. The van der Waals surface area contributed by atoms with Crippen molar-refractivity contribution in [2.45, 2.75) is 31.3 Å². The fourth-order valence-electron chi connectivity index (χ4n) is 3.03. The lowest BCUT2D eigenvalue weighted by Gasteiger charge is -2.36. The first kappa shape index (κ1) is 18.1. The zero-order valence-corrected chi connectivity index (χ0v) is 15.0. The number of halogens is 2. The lowest BCUT2D eigenvalue weighted by Crippen LogP contribution is -2.54. The van der Waals surface area contributed by atoms with Crippen LogP contribution in [0.25, 0.3) is 22.4 Å². The number of hydrogen-bond donors (Lipinski definition) is 4. The second kappa shape index (κ2) is 7.01. The third-order valence-corrected chi connectivity index (χ3v) is 4.79. The minimum absolute atomic E-state index is 0.0984. The number of aromatic nitrogens is 4. The van der Waals surface area contributed by atoms with Crippen LogP contribution in [0.5, 0.6) is 0 Å². The van der Waals surface area contributed by atoms with Gasteiger partial charge in [-0.2, -0.15) is 0 Å². The number of ether oxygens (including phenoxy) is 1. The first-order valence-electron chi connectivity index (χ1n) is 8.34. The summed E-state index contributed by atoms with van der Waals surface area (Å²) in [6.07, 6.45) is 1.50. The topological polar surface area (TPSA) is 116 Å². The van der Waals surface area contributed by atoms with Gasteiger partial charge in [0.15, 0.2) is 17.5 Å². The van der Waals surface area contributed by atoms with E-state index in [0.29, 0.717) is 21.6 Å². The number of aromatic amines is 1. The van der Waals surface area contributed by atoms with Gasteiger partial charge in [0, 0.05) is 23.3 Å². The lowest BCUT2D eigenvalue weighted by molar-refractivity contribution is -0.133. The average Bonchev–Trinajstić information content (AvgIpc) is 3.07. The summed E-state index contributed by atoms with van der Waals surface area (Å²) in [4.78, 5) is 15.4. The molecule has 0 unspecified atom stereocenters. The quantitative estimate of drug-likeness (QED) is 0.535. The van der Waals surface area contributed by atoms with Gasteiger partial charge in [0.25, 0.3) is 0 Å². The second-order valence-electron chi connectivity index (χ2n) is 6.41. The van der Waals surface area contributed by atoms with Crippen molar-refractivity contribution in [1.82, 2.24) is 19.9 Å². The molecule has 4 N–H and O–H groups in total. The molecule has 0 aromatic carbocycles. The average molecular weight is 394 g/mol. The summed E-state index contributed by atoms with van der Waals surface area (Å²) in [6.45, 7) is 1.76. The van der Waals surface area contributed by atoms with Crippen LogP contribution in [-0.4, -0.2) is 61.1 Å². The smallest absolute Gasteiger partial charge is 0.183 e. The molecule has 0 bridgehead atoms. The molecule has 1 aliphatic rings. The fraction of sp³-hybridized carbons (Fsp3) is 0.353. The molecule has 1 saturated heterocycles. The maximum Gasteiger partial charge on any atom is 0.183 e. The number of nitrogens with one attached hydrogen (secondary N) is 2. The summed E-state index contributed by atoms with van der Waals surface area (Å²) < 4.78 is 19.6. The third kappa shape index (κ3) is 3.34. The molecule has 10 heteroatoms. The first-order chi connectivity index (χ1) is 12.9. The van der Waals surface area contributed by atoms with Gasteiger partial charge in [-0.25, -0.2) is 19.3 Å². The Morgan fingerprint density at radius 3 is 2.93 bits per heavy atom. The van der Waals surface area contributed by atoms with E-state index in [0.717, 1.165) is 6.20 Å².